The predicted octanol–water partition coefficient (Wildman–Crippen LogP) is 3.62. The summed E-state index contributed by atoms with van der Waals surface area (Å²) in [6.45, 7) is 5.14. The van der Waals surface area contributed by atoms with Crippen LogP contribution in [0.5, 0.6) is 11.5 Å². The zero-order chi connectivity index (χ0) is 21.5. The van der Waals surface area contributed by atoms with Crippen molar-refractivity contribution in [1.82, 2.24) is 10.2 Å². The van der Waals surface area contributed by atoms with Gasteiger partial charge in [-0.3, -0.25) is 9.59 Å². The van der Waals surface area contributed by atoms with Crippen molar-refractivity contribution >= 4 is 11.8 Å². The average Bonchev–Trinajstić information content (AvgIpc) is 2.77. The molecule has 0 atom stereocenters. The predicted molar refractivity (Wildman–Crippen MR) is 116 cm³/mol. The Hall–Kier alpha value is -3.02. The number of carbonyl (C=O) groups excluding carboxylic acids is 2. The Morgan fingerprint density at radius 2 is 1.77 bits per heavy atom. The fraction of sp³-hybridized carbons (Fsp3) is 0.417. The molecule has 1 aliphatic heterocycles. The normalized spacial score (nSPS) is 14.5. The Labute approximate surface area is 178 Å². The number of benzene rings is 2. The van der Waals surface area contributed by atoms with Gasteiger partial charge in [-0.2, -0.15) is 0 Å². The number of hydrogen-bond donors (Lipinski definition) is 1. The zero-order valence-electron chi connectivity index (χ0n) is 17.9. The molecule has 2 aromatic rings. The molecule has 6 nitrogen and oxygen atoms in total. The molecular formula is C24H30N2O4. The molecule has 1 saturated heterocycles. The monoisotopic (exact) mass is 410 g/mol. The molecule has 3 rings (SSSR count). The lowest BCUT2D eigenvalue weighted by Crippen LogP contribution is -2.37. The van der Waals surface area contributed by atoms with Gasteiger partial charge in [0.1, 0.15) is 0 Å². The highest BCUT2D eigenvalue weighted by Gasteiger charge is 2.25. The largest absolute Gasteiger partial charge is 0.493 e. The molecule has 0 spiro atoms. The maximum atomic E-state index is 13.0. The summed E-state index contributed by atoms with van der Waals surface area (Å²) in [5, 5.41) is 2.77. The van der Waals surface area contributed by atoms with Crippen molar-refractivity contribution in [3.63, 3.8) is 0 Å². The van der Waals surface area contributed by atoms with Gasteiger partial charge in [0.25, 0.3) is 11.8 Å². The Kier molecular flexibility index (Phi) is 7.33. The number of rotatable bonds is 7. The van der Waals surface area contributed by atoms with Crippen LogP contribution < -0.4 is 14.8 Å². The quantitative estimate of drug-likeness (QED) is 0.757. The number of amides is 2. The lowest BCUT2D eigenvalue weighted by molar-refractivity contribution is -0.123. The van der Waals surface area contributed by atoms with Crippen LogP contribution in [0.3, 0.4) is 0 Å². The van der Waals surface area contributed by atoms with Crippen molar-refractivity contribution in [2.24, 2.45) is 0 Å². The van der Waals surface area contributed by atoms with E-state index in [-0.39, 0.29) is 24.5 Å². The minimum absolute atomic E-state index is 0.0103. The second-order valence-corrected chi connectivity index (χ2v) is 7.85. The van der Waals surface area contributed by atoms with Crippen LogP contribution in [0.2, 0.25) is 0 Å². The van der Waals surface area contributed by atoms with E-state index in [0.717, 1.165) is 25.9 Å². The molecule has 6 heteroatoms. The minimum atomic E-state index is -0.200. The Balaban J connectivity index is 1.60. The van der Waals surface area contributed by atoms with Gasteiger partial charge in [-0.25, -0.2) is 0 Å². The molecular weight excluding hydrogens is 380 g/mol. The smallest absolute Gasteiger partial charge is 0.258 e. The summed E-state index contributed by atoms with van der Waals surface area (Å²) in [6, 6.07) is 15.6. The van der Waals surface area contributed by atoms with E-state index >= 15 is 0 Å². The first kappa shape index (κ1) is 21.7. The summed E-state index contributed by atoms with van der Waals surface area (Å²) >= 11 is 0. The molecule has 0 bridgehead atoms. The zero-order valence-corrected chi connectivity index (χ0v) is 17.9. The summed E-state index contributed by atoms with van der Waals surface area (Å²) in [5.41, 5.74) is 1.90. The number of carbonyl (C=O) groups is 2. The Morgan fingerprint density at radius 1 is 1.07 bits per heavy atom. The third kappa shape index (κ3) is 5.53. The highest BCUT2D eigenvalue weighted by Crippen LogP contribution is 2.31. The summed E-state index contributed by atoms with van der Waals surface area (Å²) in [6.07, 6.45) is 1.91. The van der Waals surface area contributed by atoms with Gasteiger partial charge in [0.2, 0.25) is 0 Å². The second-order valence-electron chi connectivity index (χ2n) is 7.85. The fourth-order valence-electron chi connectivity index (χ4n) is 3.75. The van der Waals surface area contributed by atoms with Crippen molar-refractivity contribution in [3.8, 4) is 11.5 Å². The number of likely N-dealkylation sites (tertiary alicyclic amines) is 1. The third-order valence-corrected chi connectivity index (χ3v) is 5.27. The second kappa shape index (κ2) is 10.1. The van der Waals surface area contributed by atoms with Crippen LogP contribution in [0, 0.1) is 0 Å². The van der Waals surface area contributed by atoms with Crippen molar-refractivity contribution in [2.45, 2.75) is 38.6 Å². The van der Waals surface area contributed by atoms with Gasteiger partial charge in [0.15, 0.2) is 18.1 Å². The first-order valence-corrected chi connectivity index (χ1v) is 10.4. The van der Waals surface area contributed by atoms with E-state index in [9.17, 15) is 9.59 Å². The van der Waals surface area contributed by atoms with Crippen LogP contribution in [0.4, 0.5) is 0 Å². The van der Waals surface area contributed by atoms with Crippen LogP contribution in [0.1, 0.15) is 48.5 Å². The lowest BCUT2D eigenvalue weighted by atomic mass is 9.89. The summed E-state index contributed by atoms with van der Waals surface area (Å²) in [5.74, 6) is 1.17. The van der Waals surface area contributed by atoms with Crippen molar-refractivity contribution in [1.29, 1.82) is 0 Å². The van der Waals surface area contributed by atoms with Crippen molar-refractivity contribution in [2.75, 3.05) is 26.8 Å². The highest BCUT2D eigenvalue weighted by atomic mass is 16.5. The van der Waals surface area contributed by atoms with Crippen molar-refractivity contribution < 1.29 is 19.1 Å². The molecule has 2 aromatic carbocycles. The molecule has 0 radical (unpaired) electrons. The van der Waals surface area contributed by atoms with Crippen LogP contribution in [0.25, 0.3) is 0 Å². The molecule has 1 fully saturated rings. The van der Waals surface area contributed by atoms with Gasteiger partial charge in [-0.15, -0.1) is 0 Å². The molecule has 0 saturated carbocycles. The highest BCUT2D eigenvalue weighted by molar-refractivity contribution is 5.95. The molecule has 0 aromatic heterocycles. The number of piperidine rings is 1. The van der Waals surface area contributed by atoms with E-state index < -0.39 is 0 Å². The molecule has 1 N–H and O–H groups in total. The Morgan fingerprint density at radius 3 is 2.40 bits per heavy atom. The number of hydrogen-bond acceptors (Lipinski definition) is 4. The van der Waals surface area contributed by atoms with E-state index in [1.807, 2.05) is 24.8 Å². The van der Waals surface area contributed by atoms with E-state index in [4.69, 9.17) is 9.47 Å². The van der Waals surface area contributed by atoms with Gasteiger partial charge in [-0.1, -0.05) is 30.3 Å². The third-order valence-electron chi connectivity index (χ3n) is 5.27. The molecule has 0 aliphatic carbocycles. The topological polar surface area (TPSA) is 67.9 Å². The number of nitrogens with one attached hydrogen (secondary N) is 1. The summed E-state index contributed by atoms with van der Waals surface area (Å²) in [4.78, 5) is 26.7. The lowest BCUT2D eigenvalue weighted by Gasteiger charge is -2.32. The van der Waals surface area contributed by atoms with Gasteiger partial charge >= 0.3 is 0 Å². The maximum Gasteiger partial charge on any atom is 0.258 e. The van der Waals surface area contributed by atoms with Gasteiger partial charge in [-0.05, 0) is 56.4 Å². The van der Waals surface area contributed by atoms with Gasteiger partial charge in [0.05, 0.1) is 7.11 Å². The first-order valence-electron chi connectivity index (χ1n) is 10.4. The Bertz CT molecular complexity index is 859. The number of nitrogens with zero attached hydrogens (tertiary/aromatic N) is 1. The van der Waals surface area contributed by atoms with E-state index in [0.29, 0.717) is 23.0 Å². The van der Waals surface area contributed by atoms with Crippen LogP contribution in [-0.2, 0) is 4.79 Å². The summed E-state index contributed by atoms with van der Waals surface area (Å²) < 4.78 is 11.0. The molecule has 0 unspecified atom stereocenters. The minimum Gasteiger partial charge on any atom is -0.493 e. The van der Waals surface area contributed by atoms with Gasteiger partial charge < -0.3 is 19.7 Å². The molecule has 160 valence electrons. The van der Waals surface area contributed by atoms with Crippen molar-refractivity contribution in [3.05, 3.63) is 59.7 Å². The van der Waals surface area contributed by atoms with Gasteiger partial charge in [0, 0.05) is 24.7 Å². The molecule has 30 heavy (non-hydrogen) atoms. The van der Waals surface area contributed by atoms with E-state index in [1.54, 1.807) is 18.2 Å². The SMILES string of the molecule is COc1cc(C(=O)N2CCC(c3ccccc3)CC2)ccc1OCC(=O)NC(C)C. The standard InChI is InChI=1S/C24H30N2O4/c1-17(2)25-23(27)16-30-21-10-9-20(15-22(21)29-3)24(28)26-13-11-19(12-14-26)18-7-5-4-6-8-18/h4-10,15,17,19H,11-14,16H2,1-3H3,(H,25,27). The number of ether oxygens (including phenoxy) is 2. The fourth-order valence-corrected chi connectivity index (χ4v) is 3.75. The van der Waals surface area contributed by atoms with Crippen LogP contribution in [0.15, 0.2) is 48.5 Å². The number of methoxy groups -OCH3 is 1. The molecule has 1 heterocycles. The van der Waals surface area contributed by atoms with Crippen LogP contribution >= 0.6 is 0 Å². The summed E-state index contributed by atoms with van der Waals surface area (Å²) in [7, 11) is 1.52. The average molecular weight is 411 g/mol. The first-order chi connectivity index (χ1) is 14.5. The molecule has 1 aliphatic rings. The van der Waals surface area contributed by atoms with Crippen LogP contribution in [-0.4, -0.2) is 49.6 Å². The van der Waals surface area contributed by atoms with E-state index in [2.05, 4.69) is 29.6 Å². The molecule has 2 amide bonds. The van der Waals surface area contributed by atoms with E-state index in [1.165, 1.54) is 12.7 Å². The maximum absolute atomic E-state index is 13.0.